The normalized spacial score (nSPS) is 28.8. The minimum atomic E-state index is -0.538. The van der Waals surface area contributed by atoms with Gasteiger partial charge in [-0.1, -0.05) is 6.42 Å². The van der Waals surface area contributed by atoms with Crippen molar-refractivity contribution in [1.82, 2.24) is 15.5 Å². The van der Waals surface area contributed by atoms with Crippen LogP contribution in [0.15, 0.2) is 0 Å². The molecule has 0 spiro atoms. The first-order chi connectivity index (χ1) is 9.56. The van der Waals surface area contributed by atoms with Gasteiger partial charge in [0, 0.05) is 13.6 Å². The lowest BCUT2D eigenvalue weighted by Gasteiger charge is -2.24. The Morgan fingerprint density at radius 2 is 2.05 bits per heavy atom. The van der Waals surface area contributed by atoms with E-state index in [0.717, 1.165) is 19.3 Å². The van der Waals surface area contributed by atoms with E-state index in [0.29, 0.717) is 12.5 Å². The third kappa shape index (κ3) is 2.92. The molecule has 3 amide bonds. The summed E-state index contributed by atoms with van der Waals surface area (Å²) in [4.78, 5) is 36.7. The highest BCUT2D eigenvalue weighted by atomic mass is 16.5. The molecule has 112 valence electrons. The average Bonchev–Trinajstić information content (AvgIpc) is 2.97. The fourth-order valence-electron chi connectivity index (χ4n) is 3.41. The van der Waals surface area contributed by atoms with Crippen LogP contribution in [0.4, 0.5) is 4.79 Å². The van der Waals surface area contributed by atoms with Gasteiger partial charge < -0.3 is 10.1 Å². The number of amides is 3. The summed E-state index contributed by atoms with van der Waals surface area (Å²) < 4.78 is 4.86. The maximum absolute atomic E-state index is 12.0. The largest absolute Gasteiger partial charge is 0.468 e. The van der Waals surface area contributed by atoms with E-state index >= 15 is 0 Å². The number of hydrogen-bond acceptors (Lipinski definition) is 5. The van der Waals surface area contributed by atoms with Crippen LogP contribution in [0.25, 0.3) is 0 Å². The van der Waals surface area contributed by atoms with Crippen LogP contribution in [-0.4, -0.2) is 56.1 Å². The third-order valence-corrected chi connectivity index (χ3v) is 4.26. The van der Waals surface area contributed by atoms with Gasteiger partial charge in [0.05, 0.1) is 13.7 Å². The molecule has 7 nitrogen and oxygen atoms in total. The molecule has 2 rings (SSSR count). The van der Waals surface area contributed by atoms with Crippen LogP contribution in [0.2, 0.25) is 0 Å². The molecule has 1 aliphatic carbocycles. The second-order valence-corrected chi connectivity index (χ2v) is 5.38. The Kier molecular flexibility index (Phi) is 4.59. The smallest absolute Gasteiger partial charge is 0.323 e. The Morgan fingerprint density at radius 3 is 2.70 bits per heavy atom. The minimum absolute atomic E-state index is 0.0419. The van der Waals surface area contributed by atoms with E-state index in [-0.39, 0.29) is 24.5 Å². The molecule has 2 N–H and O–H groups in total. The van der Waals surface area contributed by atoms with Crippen molar-refractivity contribution in [3.63, 3.8) is 0 Å². The van der Waals surface area contributed by atoms with E-state index in [9.17, 15) is 14.4 Å². The average molecular weight is 283 g/mol. The SMILES string of the molecule is CNC(=O)NC(=O)CN1C[C@@H]2CCC[C@@H]2[C@@H]1C(=O)OC. The standard InChI is InChI=1S/C13H21N3O4/c1-14-13(19)15-10(17)7-16-6-8-4-3-5-9(8)11(16)12(18)20-2/h8-9,11H,3-7H2,1-2H3,(H2,14,15,17,19)/t8-,9-,11+/m0/s1. The first-order valence-corrected chi connectivity index (χ1v) is 6.90. The predicted molar refractivity (Wildman–Crippen MR) is 70.8 cm³/mol. The monoisotopic (exact) mass is 283 g/mol. The summed E-state index contributed by atoms with van der Waals surface area (Å²) in [6.07, 6.45) is 3.21. The van der Waals surface area contributed by atoms with Crippen molar-refractivity contribution in [2.75, 3.05) is 27.2 Å². The lowest BCUT2D eigenvalue weighted by molar-refractivity contribution is -0.147. The number of imide groups is 1. The summed E-state index contributed by atoms with van der Waals surface area (Å²) in [7, 11) is 2.81. The first-order valence-electron chi connectivity index (χ1n) is 6.90. The summed E-state index contributed by atoms with van der Waals surface area (Å²) in [5.74, 6) is 0.0347. The zero-order valence-electron chi connectivity index (χ0n) is 11.8. The number of carbonyl (C=O) groups excluding carboxylic acids is 3. The van der Waals surface area contributed by atoms with Crippen LogP contribution >= 0.6 is 0 Å². The van der Waals surface area contributed by atoms with Crippen molar-refractivity contribution in [3.8, 4) is 0 Å². The molecule has 2 fully saturated rings. The van der Waals surface area contributed by atoms with Gasteiger partial charge in [0.15, 0.2) is 0 Å². The van der Waals surface area contributed by atoms with Gasteiger partial charge in [0.25, 0.3) is 0 Å². The Hall–Kier alpha value is -1.63. The molecule has 0 aromatic carbocycles. The fraction of sp³-hybridized carbons (Fsp3) is 0.769. The topological polar surface area (TPSA) is 87.7 Å². The Labute approximate surface area is 118 Å². The van der Waals surface area contributed by atoms with E-state index in [4.69, 9.17) is 4.74 Å². The summed E-state index contributed by atoms with van der Waals surface area (Å²) >= 11 is 0. The van der Waals surface area contributed by atoms with E-state index in [1.807, 2.05) is 4.90 Å². The Balaban J connectivity index is 2.00. The van der Waals surface area contributed by atoms with Crippen LogP contribution in [0, 0.1) is 11.8 Å². The van der Waals surface area contributed by atoms with Crippen LogP contribution in [-0.2, 0) is 14.3 Å². The second-order valence-electron chi connectivity index (χ2n) is 5.38. The number of urea groups is 1. The molecule has 0 radical (unpaired) electrons. The highest BCUT2D eigenvalue weighted by molar-refractivity contribution is 5.95. The van der Waals surface area contributed by atoms with Gasteiger partial charge in [-0.15, -0.1) is 0 Å². The maximum Gasteiger partial charge on any atom is 0.323 e. The predicted octanol–water partition coefficient (Wildman–Crippen LogP) is -0.284. The van der Waals surface area contributed by atoms with Crippen molar-refractivity contribution < 1.29 is 19.1 Å². The number of carbonyl (C=O) groups is 3. The van der Waals surface area contributed by atoms with E-state index in [1.54, 1.807) is 0 Å². The minimum Gasteiger partial charge on any atom is -0.468 e. The van der Waals surface area contributed by atoms with Gasteiger partial charge in [-0.2, -0.15) is 0 Å². The van der Waals surface area contributed by atoms with Crippen LogP contribution in [0.5, 0.6) is 0 Å². The molecule has 0 aromatic rings. The molecule has 1 saturated heterocycles. The lowest BCUT2D eigenvalue weighted by atomic mass is 9.94. The summed E-state index contributed by atoms with van der Waals surface area (Å²) in [6, 6.07) is -0.896. The molecule has 3 atom stereocenters. The van der Waals surface area contributed by atoms with Crippen LogP contribution in [0.3, 0.4) is 0 Å². The van der Waals surface area contributed by atoms with E-state index in [2.05, 4.69) is 10.6 Å². The zero-order valence-corrected chi connectivity index (χ0v) is 11.8. The van der Waals surface area contributed by atoms with Crippen molar-refractivity contribution in [1.29, 1.82) is 0 Å². The number of nitrogens with one attached hydrogen (secondary N) is 2. The summed E-state index contributed by atoms with van der Waals surface area (Å²) in [5, 5.41) is 4.54. The summed E-state index contributed by atoms with van der Waals surface area (Å²) in [5.41, 5.74) is 0. The van der Waals surface area contributed by atoms with Crippen molar-refractivity contribution in [2.45, 2.75) is 25.3 Å². The maximum atomic E-state index is 12.0. The van der Waals surface area contributed by atoms with Gasteiger partial charge in [0.1, 0.15) is 6.04 Å². The molecule has 7 heteroatoms. The number of nitrogens with zero attached hydrogens (tertiary/aromatic N) is 1. The van der Waals surface area contributed by atoms with Crippen molar-refractivity contribution in [3.05, 3.63) is 0 Å². The van der Waals surface area contributed by atoms with Crippen LogP contribution < -0.4 is 10.6 Å². The molecule has 1 aliphatic heterocycles. The molecule has 1 saturated carbocycles. The second kappa shape index (κ2) is 6.21. The Morgan fingerprint density at radius 1 is 1.30 bits per heavy atom. The molecular formula is C13H21N3O4. The molecular weight excluding hydrogens is 262 g/mol. The number of methoxy groups -OCH3 is 1. The van der Waals surface area contributed by atoms with Crippen LogP contribution in [0.1, 0.15) is 19.3 Å². The fourth-order valence-corrected chi connectivity index (χ4v) is 3.41. The number of hydrogen-bond donors (Lipinski definition) is 2. The number of esters is 1. The molecule has 0 aromatic heterocycles. The van der Waals surface area contributed by atoms with Crippen molar-refractivity contribution >= 4 is 17.9 Å². The van der Waals surface area contributed by atoms with Gasteiger partial charge in [-0.3, -0.25) is 19.8 Å². The lowest BCUT2D eigenvalue weighted by Crippen LogP contribution is -2.48. The molecule has 20 heavy (non-hydrogen) atoms. The highest BCUT2D eigenvalue weighted by Gasteiger charge is 2.48. The number of rotatable bonds is 3. The number of ether oxygens (including phenoxy) is 1. The van der Waals surface area contributed by atoms with Gasteiger partial charge in [-0.05, 0) is 24.7 Å². The molecule has 2 aliphatic rings. The van der Waals surface area contributed by atoms with Crippen molar-refractivity contribution in [2.24, 2.45) is 11.8 Å². The summed E-state index contributed by atoms with van der Waals surface area (Å²) in [6.45, 7) is 0.756. The first kappa shape index (κ1) is 14.8. The highest BCUT2D eigenvalue weighted by Crippen LogP contribution is 2.42. The van der Waals surface area contributed by atoms with E-state index in [1.165, 1.54) is 14.2 Å². The number of likely N-dealkylation sites (tertiary alicyclic amines) is 1. The quantitative estimate of drug-likeness (QED) is 0.695. The third-order valence-electron chi connectivity index (χ3n) is 4.26. The van der Waals surface area contributed by atoms with Gasteiger partial charge >= 0.3 is 12.0 Å². The van der Waals surface area contributed by atoms with Gasteiger partial charge in [-0.25, -0.2) is 4.79 Å². The molecule has 0 bridgehead atoms. The molecule has 0 unspecified atom stereocenters. The molecule has 1 heterocycles. The van der Waals surface area contributed by atoms with E-state index < -0.39 is 11.9 Å². The zero-order chi connectivity index (χ0) is 14.7. The number of fused-ring (bicyclic) bond motifs is 1. The Bertz CT molecular complexity index is 412. The van der Waals surface area contributed by atoms with Gasteiger partial charge in [0.2, 0.25) is 5.91 Å².